The third-order valence-electron chi connectivity index (χ3n) is 2.53. The third-order valence-corrected chi connectivity index (χ3v) is 2.53. The number of amides is 1. The highest BCUT2D eigenvalue weighted by molar-refractivity contribution is 5.72. The number of hydrogen-bond donors (Lipinski definition) is 0. The van der Waals surface area contributed by atoms with Crippen LogP contribution in [0.4, 0.5) is 10.5 Å². The van der Waals surface area contributed by atoms with Crippen molar-refractivity contribution >= 4 is 11.8 Å². The van der Waals surface area contributed by atoms with Gasteiger partial charge in [0.05, 0.1) is 18.1 Å². The maximum Gasteiger partial charge on any atom is 0.415 e. The van der Waals surface area contributed by atoms with Crippen molar-refractivity contribution in [3.63, 3.8) is 0 Å². The maximum absolute atomic E-state index is 11.8. The largest absolute Gasteiger partial charge is 0.415 e. The molecule has 0 bridgehead atoms. The molecular formula is C11H12N2O5. The highest BCUT2D eigenvalue weighted by Gasteiger charge is 2.22. The first-order chi connectivity index (χ1) is 8.68. The first kappa shape index (κ1) is 12.3. The Morgan fingerprint density at radius 1 is 1.33 bits per heavy atom. The second-order valence-electron chi connectivity index (χ2n) is 3.69. The van der Waals surface area contributed by atoms with Gasteiger partial charge in [-0.05, 0) is 6.07 Å². The fourth-order valence-corrected chi connectivity index (χ4v) is 1.60. The Morgan fingerprint density at radius 2 is 2.00 bits per heavy atom. The summed E-state index contributed by atoms with van der Waals surface area (Å²) in [5.74, 6) is -0.0426. The van der Waals surface area contributed by atoms with Crippen LogP contribution in [0, 0.1) is 10.1 Å². The van der Waals surface area contributed by atoms with E-state index in [2.05, 4.69) is 0 Å². The standard InChI is InChI=1S/C11H12N2O5/c14-11(12-5-7-17-8-6-12)18-10-4-2-1-3-9(10)13(15)16/h1-4H,5-8H2. The van der Waals surface area contributed by atoms with E-state index in [1.165, 1.54) is 23.1 Å². The lowest BCUT2D eigenvalue weighted by Crippen LogP contribution is -2.42. The van der Waals surface area contributed by atoms with Gasteiger partial charge in [0.2, 0.25) is 5.75 Å². The van der Waals surface area contributed by atoms with Gasteiger partial charge in [-0.15, -0.1) is 0 Å². The van der Waals surface area contributed by atoms with Crippen molar-refractivity contribution in [1.82, 2.24) is 4.90 Å². The summed E-state index contributed by atoms with van der Waals surface area (Å²) in [7, 11) is 0. The molecule has 0 saturated carbocycles. The summed E-state index contributed by atoms with van der Waals surface area (Å²) in [6.07, 6.45) is -0.590. The molecule has 1 amide bonds. The number of nitro groups is 1. The van der Waals surface area contributed by atoms with E-state index in [0.29, 0.717) is 26.3 Å². The van der Waals surface area contributed by atoms with E-state index in [0.717, 1.165) is 0 Å². The number of nitrogens with zero attached hydrogens (tertiary/aromatic N) is 2. The SMILES string of the molecule is O=C(Oc1ccccc1[N+](=O)[O-])N1CCOCC1. The lowest BCUT2D eigenvalue weighted by atomic mass is 10.3. The minimum atomic E-state index is -0.590. The molecule has 0 N–H and O–H groups in total. The number of carbonyl (C=O) groups excluding carboxylic acids is 1. The van der Waals surface area contributed by atoms with E-state index >= 15 is 0 Å². The number of benzene rings is 1. The van der Waals surface area contributed by atoms with Crippen molar-refractivity contribution in [1.29, 1.82) is 0 Å². The van der Waals surface area contributed by atoms with E-state index < -0.39 is 11.0 Å². The van der Waals surface area contributed by atoms with Crippen LogP contribution in [0.5, 0.6) is 5.75 Å². The topological polar surface area (TPSA) is 81.9 Å². The molecule has 7 nitrogen and oxygen atoms in total. The van der Waals surface area contributed by atoms with E-state index in [4.69, 9.17) is 9.47 Å². The van der Waals surface area contributed by atoms with Crippen molar-refractivity contribution in [3.05, 3.63) is 34.4 Å². The molecule has 18 heavy (non-hydrogen) atoms. The minimum Gasteiger partial charge on any atom is -0.403 e. The zero-order valence-electron chi connectivity index (χ0n) is 9.57. The smallest absolute Gasteiger partial charge is 0.403 e. The minimum absolute atomic E-state index is 0.0426. The summed E-state index contributed by atoms with van der Waals surface area (Å²) >= 11 is 0. The summed E-state index contributed by atoms with van der Waals surface area (Å²) in [5.41, 5.74) is -0.223. The quantitative estimate of drug-likeness (QED) is 0.587. The van der Waals surface area contributed by atoms with Crippen molar-refractivity contribution in [3.8, 4) is 5.75 Å². The summed E-state index contributed by atoms with van der Waals surface area (Å²) in [6.45, 7) is 1.76. The molecule has 1 aliphatic heterocycles. The van der Waals surface area contributed by atoms with Crippen LogP contribution in [0.25, 0.3) is 0 Å². The fourth-order valence-electron chi connectivity index (χ4n) is 1.60. The average molecular weight is 252 g/mol. The van der Waals surface area contributed by atoms with Crippen LogP contribution in [-0.4, -0.2) is 42.2 Å². The maximum atomic E-state index is 11.8. The van der Waals surface area contributed by atoms with Gasteiger partial charge in [-0.1, -0.05) is 12.1 Å². The van der Waals surface area contributed by atoms with Crippen LogP contribution in [0.2, 0.25) is 0 Å². The second-order valence-corrected chi connectivity index (χ2v) is 3.69. The number of para-hydroxylation sites is 2. The molecule has 7 heteroatoms. The monoisotopic (exact) mass is 252 g/mol. The Balaban J connectivity index is 2.08. The van der Waals surface area contributed by atoms with Gasteiger partial charge in [-0.2, -0.15) is 0 Å². The van der Waals surface area contributed by atoms with Gasteiger partial charge < -0.3 is 14.4 Å². The average Bonchev–Trinajstić information content (AvgIpc) is 2.40. The Labute approximate surface area is 103 Å². The number of hydrogen-bond acceptors (Lipinski definition) is 5. The molecule has 2 rings (SSSR count). The van der Waals surface area contributed by atoms with Crippen molar-refractivity contribution < 1.29 is 19.2 Å². The van der Waals surface area contributed by atoms with E-state index in [9.17, 15) is 14.9 Å². The molecule has 1 aromatic carbocycles. The van der Waals surface area contributed by atoms with Crippen molar-refractivity contribution in [2.45, 2.75) is 0 Å². The van der Waals surface area contributed by atoms with Gasteiger partial charge >= 0.3 is 11.8 Å². The van der Waals surface area contributed by atoms with Crippen LogP contribution in [0.1, 0.15) is 0 Å². The highest BCUT2D eigenvalue weighted by atomic mass is 16.6. The lowest BCUT2D eigenvalue weighted by Gasteiger charge is -2.25. The molecule has 1 saturated heterocycles. The Morgan fingerprint density at radius 3 is 2.67 bits per heavy atom. The molecule has 1 aromatic rings. The van der Waals surface area contributed by atoms with Crippen molar-refractivity contribution in [2.24, 2.45) is 0 Å². The second kappa shape index (κ2) is 5.46. The van der Waals surface area contributed by atoms with Gasteiger partial charge in [0, 0.05) is 19.2 Å². The number of ether oxygens (including phenoxy) is 2. The predicted octanol–water partition coefficient (Wildman–Crippen LogP) is 1.43. The molecule has 0 aliphatic carbocycles. The predicted molar refractivity (Wildman–Crippen MR) is 61.5 cm³/mol. The molecule has 0 radical (unpaired) electrons. The Bertz CT molecular complexity index is 457. The molecular weight excluding hydrogens is 240 g/mol. The normalized spacial score (nSPS) is 15.2. The van der Waals surface area contributed by atoms with Gasteiger partial charge in [0.1, 0.15) is 0 Å². The zero-order chi connectivity index (χ0) is 13.0. The number of morpholine rings is 1. The Hall–Kier alpha value is -2.15. The summed E-state index contributed by atoms with van der Waals surface area (Å²) in [4.78, 5) is 23.4. The number of rotatable bonds is 2. The van der Waals surface area contributed by atoms with E-state index in [1.54, 1.807) is 6.07 Å². The van der Waals surface area contributed by atoms with Crippen LogP contribution in [-0.2, 0) is 4.74 Å². The first-order valence-corrected chi connectivity index (χ1v) is 5.46. The molecule has 0 aromatic heterocycles. The number of nitro benzene ring substituents is 1. The Kier molecular flexibility index (Phi) is 3.73. The van der Waals surface area contributed by atoms with Crippen LogP contribution in [0.15, 0.2) is 24.3 Å². The van der Waals surface area contributed by atoms with Crippen LogP contribution < -0.4 is 4.74 Å². The first-order valence-electron chi connectivity index (χ1n) is 5.46. The van der Waals surface area contributed by atoms with Gasteiger partial charge in [-0.25, -0.2) is 4.79 Å². The van der Waals surface area contributed by atoms with Crippen molar-refractivity contribution in [2.75, 3.05) is 26.3 Å². The third kappa shape index (κ3) is 2.75. The molecule has 1 fully saturated rings. The van der Waals surface area contributed by atoms with E-state index in [1.807, 2.05) is 0 Å². The molecule has 1 heterocycles. The van der Waals surface area contributed by atoms with Gasteiger partial charge in [-0.3, -0.25) is 10.1 Å². The van der Waals surface area contributed by atoms with Crippen LogP contribution >= 0.6 is 0 Å². The summed E-state index contributed by atoms with van der Waals surface area (Å²) in [5, 5.41) is 10.8. The lowest BCUT2D eigenvalue weighted by molar-refractivity contribution is -0.385. The molecule has 0 unspecified atom stereocenters. The van der Waals surface area contributed by atoms with Gasteiger partial charge in [0.25, 0.3) is 0 Å². The van der Waals surface area contributed by atoms with Crippen LogP contribution in [0.3, 0.4) is 0 Å². The fraction of sp³-hybridized carbons (Fsp3) is 0.364. The highest BCUT2D eigenvalue weighted by Crippen LogP contribution is 2.26. The number of carbonyl (C=O) groups is 1. The molecule has 96 valence electrons. The summed E-state index contributed by atoms with van der Waals surface area (Å²) < 4.78 is 10.1. The molecule has 1 aliphatic rings. The summed E-state index contributed by atoms with van der Waals surface area (Å²) in [6, 6.07) is 5.79. The molecule has 0 spiro atoms. The zero-order valence-corrected chi connectivity index (χ0v) is 9.57. The van der Waals surface area contributed by atoms with E-state index in [-0.39, 0.29) is 11.4 Å². The van der Waals surface area contributed by atoms with Gasteiger partial charge in [0.15, 0.2) is 0 Å². The molecule has 0 atom stereocenters.